The fourth-order valence-electron chi connectivity index (χ4n) is 3.13. The van der Waals surface area contributed by atoms with Crippen molar-refractivity contribution >= 4 is 0 Å². The van der Waals surface area contributed by atoms with Crippen LogP contribution in [-0.2, 0) is 6.54 Å². The van der Waals surface area contributed by atoms with Crippen LogP contribution < -0.4 is 5.32 Å². The van der Waals surface area contributed by atoms with Gasteiger partial charge in [0.1, 0.15) is 0 Å². The Kier molecular flexibility index (Phi) is 5.05. The number of nitrogens with one attached hydrogen (secondary N) is 1. The average molecular weight is 289 g/mol. The minimum atomic E-state index is 0.296. The van der Waals surface area contributed by atoms with Crippen LogP contribution in [0.3, 0.4) is 0 Å². The highest BCUT2D eigenvalue weighted by Gasteiger charge is 2.35. The molecule has 3 heteroatoms. The maximum atomic E-state index is 4.31. The molecule has 0 saturated carbocycles. The maximum absolute atomic E-state index is 4.31. The summed E-state index contributed by atoms with van der Waals surface area (Å²) < 4.78 is 0. The standard InChI is InChI=1S/C18H31N3/c1-13(2)16-10-20-17(18(4,5)6)12-21(16)11-15-9-19-8-7-14(15)3/h7-9,13,16-17,20H,10-12H2,1-6H3. The molecule has 2 atom stereocenters. The molecule has 0 spiro atoms. The Morgan fingerprint density at radius 3 is 2.67 bits per heavy atom. The normalized spacial score (nSPS) is 24.5. The van der Waals surface area contributed by atoms with Crippen LogP contribution in [0.4, 0.5) is 0 Å². The number of hydrogen-bond acceptors (Lipinski definition) is 3. The van der Waals surface area contributed by atoms with E-state index >= 15 is 0 Å². The largest absolute Gasteiger partial charge is 0.311 e. The Labute approximate surface area is 130 Å². The van der Waals surface area contributed by atoms with Crippen LogP contribution in [0, 0.1) is 18.3 Å². The molecule has 1 aromatic heterocycles. The fourth-order valence-corrected chi connectivity index (χ4v) is 3.13. The van der Waals surface area contributed by atoms with Crippen molar-refractivity contribution < 1.29 is 0 Å². The van der Waals surface area contributed by atoms with E-state index in [0.717, 1.165) is 19.6 Å². The van der Waals surface area contributed by atoms with Gasteiger partial charge in [-0.3, -0.25) is 9.88 Å². The van der Waals surface area contributed by atoms with Crippen LogP contribution >= 0.6 is 0 Å². The third-order valence-electron chi connectivity index (χ3n) is 4.80. The van der Waals surface area contributed by atoms with E-state index in [-0.39, 0.29) is 0 Å². The number of aryl methyl sites for hydroxylation is 1. The summed E-state index contributed by atoms with van der Waals surface area (Å²) in [5, 5.41) is 3.76. The predicted octanol–water partition coefficient (Wildman–Crippen LogP) is 3.23. The van der Waals surface area contributed by atoms with E-state index in [4.69, 9.17) is 0 Å². The molecular formula is C18H31N3. The molecule has 1 aromatic rings. The molecule has 1 saturated heterocycles. The molecule has 2 unspecified atom stereocenters. The van der Waals surface area contributed by atoms with E-state index in [1.807, 2.05) is 12.4 Å². The second-order valence-corrected chi connectivity index (χ2v) is 7.87. The van der Waals surface area contributed by atoms with Crippen LogP contribution in [0.15, 0.2) is 18.5 Å². The minimum absolute atomic E-state index is 0.296. The van der Waals surface area contributed by atoms with Gasteiger partial charge in [-0.2, -0.15) is 0 Å². The monoisotopic (exact) mass is 289 g/mol. The van der Waals surface area contributed by atoms with Crippen LogP contribution in [-0.4, -0.2) is 35.1 Å². The van der Waals surface area contributed by atoms with Crippen LogP contribution in [0.25, 0.3) is 0 Å². The molecule has 0 bridgehead atoms. The highest BCUT2D eigenvalue weighted by Crippen LogP contribution is 2.27. The fraction of sp³-hybridized carbons (Fsp3) is 0.722. The molecule has 0 amide bonds. The van der Waals surface area contributed by atoms with Crippen molar-refractivity contribution in [3.05, 3.63) is 29.6 Å². The molecule has 118 valence electrons. The van der Waals surface area contributed by atoms with Gasteiger partial charge in [0.05, 0.1) is 0 Å². The molecule has 21 heavy (non-hydrogen) atoms. The Morgan fingerprint density at radius 1 is 1.38 bits per heavy atom. The summed E-state index contributed by atoms with van der Waals surface area (Å²) in [7, 11) is 0. The molecule has 1 fully saturated rings. The van der Waals surface area contributed by atoms with Crippen molar-refractivity contribution in [2.75, 3.05) is 13.1 Å². The zero-order valence-electron chi connectivity index (χ0n) is 14.5. The van der Waals surface area contributed by atoms with E-state index in [1.165, 1.54) is 11.1 Å². The molecule has 0 aromatic carbocycles. The Hall–Kier alpha value is -0.930. The Balaban J connectivity index is 2.16. The van der Waals surface area contributed by atoms with E-state index in [1.54, 1.807) is 0 Å². The third-order valence-corrected chi connectivity index (χ3v) is 4.80. The third kappa shape index (κ3) is 4.04. The van der Waals surface area contributed by atoms with Crippen LogP contribution in [0.1, 0.15) is 45.7 Å². The summed E-state index contributed by atoms with van der Waals surface area (Å²) in [6.07, 6.45) is 3.91. The highest BCUT2D eigenvalue weighted by molar-refractivity contribution is 5.21. The van der Waals surface area contributed by atoms with Crippen molar-refractivity contribution in [1.29, 1.82) is 0 Å². The molecule has 0 aliphatic carbocycles. The van der Waals surface area contributed by atoms with E-state index in [9.17, 15) is 0 Å². The zero-order valence-corrected chi connectivity index (χ0v) is 14.5. The van der Waals surface area contributed by atoms with Gasteiger partial charge < -0.3 is 5.32 Å². The van der Waals surface area contributed by atoms with Crippen molar-refractivity contribution in [3.8, 4) is 0 Å². The number of nitrogens with zero attached hydrogens (tertiary/aromatic N) is 2. The summed E-state index contributed by atoms with van der Waals surface area (Å²) in [6.45, 7) is 17.0. The molecule has 1 aliphatic heterocycles. The quantitative estimate of drug-likeness (QED) is 0.926. The van der Waals surface area contributed by atoms with E-state index in [2.05, 4.69) is 62.8 Å². The summed E-state index contributed by atoms with van der Waals surface area (Å²) in [6, 6.07) is 3.26. The van der Waals surface area contributed by atoms with Gasteiger partial charge in [-0.1, -0.05) is 34.6 Å². The van der Waals surface area contributed by atoms with Crippen molar-refractivity contribution in [1.82, 2.24) is 15.2 Å². The number of piperazine rings is 1. The topological polar surface area (TPSA) is 28.2 Å². The minimum Gasteiger partial charge on any atom is -0.311 e. The lowest BCUT2D eigenvalue weighted by atomic mass is 9.83. The zero-order chi connectivity index (χ0) is 15.6. The second kappa shape index (κ2) is 6.45. The first-order chi connectivity index (χ1) is 9.79. The van der Waals surface area contributed by atoms with Gasteiger partial charge in [-0.05, 0) is 35.4 Å². The summed E-state index contributed by atoms with van der Waals surface area (Å²) in [5.74, 6) is 0.662. The van der Waals surface area contributed by atoms with Crippen LogP contribution in [0.5, 0.6) is 0 Å². The summed E-state index contributed by atoms with van der Waals surface area (Å²) in [4.78, 5) is 6.96. The van der Waals surface area contributed by atoms with Gasteiger partial charge in [-0.25, -0.2) is 0 Å². The SMILES string of the molecule is Cc1ccncc1CN1CC(C(C)(C)C)NCC1C(C)C. The Morgan fingerprint density at radius 2 is 2.10 bits per heavy atom. The van der Waals surface area contributed by atoms with Crippen LogP contribution in [0.2, 0.25) is 0 Å². The molecule has 0 radical (unpaired) electrons. The number of pyridine rings is 1. The first-order valence-electron chi connectivity index (χ1n) is 8.16. The molecular weight excluding hydrogens is 258 g/mol. The summed E-state index contributed by atoms with van der Waals surface area (Å²) in [5.41, 5.74) is 3.00. The van der Waals surface area contributed by atoms with Crippen molar-refractivity contribution in [2.45, 2.75) is 60.2 Å². The van der Waals surface area contributed by atoms with Gasteiger partial charge >= 0.3 is 0 Å². The molecule has 2 heterocycles. The van der Waals surface area contributed by atoms with Gasteiger partial charge in [0.15, 0.2) is 0 Å². The number of rotatable bonds is 3. The molecule has 3 nitrogen and oxygen atoms in total. The summed E-state index contributed by atoms with van der Waals surface area (Å²) >= 11 is 0. The maximum Gasteiger partial charge on any atom is 0.0315 e. The van der Waals surface area contributed by atoms with E-state index < -0.39 is 0 Å². The van der Waals surface area contributed by atoms with Gasteiger partial charge in [0.2, 0.25) is 0 Å². The molecule has 2 rings (SSSR count). The Bertz CT molecular complexity index is 462. The highest BCUT2D eigenvalue weighted by atomic mass is 15.2. The first kappa shape index (κ1) is 16.4. The predicted molar refractivity (Wildman–Crippen MR) is 89.3 cm³/mol. The van der Waals surface area contributed by atoms with Gasteiger partial charge in [0, 0.05) is 44.1 Å². The lowest BCUT2D eigenvalue weighted by Crippen LogP contribution is -2.61. The van der Waals surface area contributed by atoms with Gasteiger partial charge in [0.25, 0.3) is 0 Å². The molecule has 1 N–H and O–H groups in total. The smallest absolute Gasteiger partial charge is 0.0315 e. The average Bonchev–Trinajstić information content (AvgIpc) is 2.40. The molecule has 1 aliphatic rings. The first-order valence-corrected chi connectivity index (χ1v) is 8.16. The van der Waals surface area contributed by atoms with Crippen molar-refractivity contribution in [3.63, 3.8) is 0 Å². The number of aromatic nitrogens is 1. The lowest BCUT2D eigenvalue weighted by molar-refractivity contribution is 0.0570. The van der Waals surface area contributed by atoms with Gasteiger partial charge in [-0.15, -0.1) is 0 Å². The second-order valence-electron chi connectivity index (χ2n) is 7.87. The number of hydrogen-bond donors (Lipinski definition) is 1. The lowest BCUT2D eigenvalue weighted by Gasteiger charge is -2.46. The van der Waals surface area contributed by atoms with E-state index in [0.29, 0.717) is 23.4 Å². The van der Waals surface area contributed by atoms with Crippen molar-refractivity contribution in [2.24, 2.45) is 11.3 Å².